The summed E-state index contributed by atoms with van der Waals surface area (Å²) in [5, 5.41) is 2.80. The summed E-state index contributed by atoms with van der Waals surface area (Å²) in [5.41, 5.74) is 0.0531. The normalized spacial score (nSPS) is 23.2. The van der Waals surface area contributed by atoms with Crippen molar-refractivity contribution in [2.24, 2.45) is 5.92 Å². The van der Waals surface area contributed by atoms with Gasteiger partial charge in [0.1, 0.15) is 12.1 Å². The summed E-state index contributed by atoms with van der Waals surface area (Å²) < 4.78 is 5.13. The Morgan fingerprint density at radius 2 is 1.94 bits per heavy atom. The molecule has 2 atom stereocenters. The van der Waals surface area contributed by atoms with E-state index < -0.39 is 30.7 Å². The topological polar surface area (TPSA) is 96.0 Å². The number of hydrogen-bond donors (Lipinski definition) is 1. The quantitative estimate of drug-likeness (QED) is 0.531. The Hall–Kier alpha value is -2.90. The van der Waals surface area contributed by atoms with Gasteiger partial charge in [-0.25, -0.2) is 4.79 Å². The lowest BCUT2D eigenvalue weighted by atomic mass is 9.73. The van der Waals surface area contributed by atoms with E-state index in [-0.39, 0.29) is 23.8 Å². The van der Waals surface area contributed by atoms with Crippen LogP contribution in [-0.2, 0) is 25.7 Å². The summed E-state index contributed by atoms with van der Waals surface area (Å²) in [4.78, 5) is 52.8. The van der Waals surface area contributed by atoms with Crippen LogP contribution < -0.4 is 5.32 Å². The number of esters is 1. The molecule has 1 aromatic carbocycles. The Morgan fingerprint density at radius 1 is 1.23 bits per heavy atom. The summed E-state index contributed by atoms with van der Waals surface area (Å²) in [6.45, 7) is 5.20. The molecule has 1 spiro atoms. The number of urea groups is 1. The third-order valence-electron chi connectivity index (χ3n) is 6.28. The number of carbonyl (C=O) groups is 4. The lowest BCUT2D eigenvalue weighted by Crippen LogP contribution is -2.54. The van der Waals surface area contributed by atoms with Crippen LogP contribution >= 0.6 is 0 Å². The summed E-state index contributed by atoms with van der Waals surface area (Å²) in [6.07, 6.45) is 3.30. The average Bonchev–Trinajstić information content (AvgIpc) is 2.98. The molecule has 1 saturated carbocycles. The molecule has 1 aliphatic heterocycles. The van der Waals surface area contributed by atoms with Gasteiger partial charge < -0.3 is 15.0 Å². The lowest BCUT2D eigenvalue weighted by Gasteiger charge is -2.36. The van der Waals surface area contributed by atoms with Crippen LogP contribution in [0.3, 0.4) is 0 Å². The summed E-state index contributed by atoms with van der Waals surface area (Å²) in [6, 6.07) is 8.90. The van der Waals surface area contributed by atoms with Gasteiger partial charge in [-0.2, -0.15) is 0 Å². The molecule has 8 heteroatoms. The van der Waals surface area contributed by atoms with E-state index in [0.717, 1.165) is 29.7 Å². The largest absolute Gasteiger partial charge is 0.454 e. The van der Waals surface area contributed by atoms with Crippen molar-refractivity contribution in [1.29, 1.82) is 0 Å². The van der Waals surface area contributed by atoms with Crippen molar-refractivity contribution >= 4 is 23.8 Å². The fraction of sp³-hybridized carbons (Fsp3) is 0.565. The van der Waals surface area contributed by atoms with E-state index in [1.54, 1.807) is 4.90 Å². The van der Waals surface area contributed by atoms with Crippen molar-refractivity contribution in [3.63, 3.8) is 0 Å². The summed E-state index contributed by atoms with van der Waals surface area (Å²) in [5.74, 6) is -1.47. The molecule has 1 N–H and O–H groups in total. The second kappa shape index (κ2) is 9.49. The number of imide groups is 1. The zero-order valence-electron chi connectivity index (χ0n) is 18.4. The highest BCUT2D eigenvalue weighted by molar-refractivity contribution is 6.09. The van der Waals surface area contributed by atoms with Crippen LogP contribution in [0.1, 0.15) is 52.0 Å². The molecular weight excluding hydrogens is 398 g/mol. The molecule has 0 unspecified atom stereocenters. The van der Waals surface area contributed by atoms with Gasteiger partial charge in [-0.15, -0.1) is 0 Å². The van der Waals surface area contributed by atoms with Crippen LogP contribution in [0, 0.1) is 5.92 Å². The number of benzene rings is 1. The highest BCUT2D eigenvalue weighted by Gasteiger charge is 2.55. The van der Waals surface area contributed by atoms with Crippen LogP contribution in [0.4, 0.5) is 4.79 Å². The van der Waals surface area contributed by atoms with Crippen molar-refractivity contribution < 1.29 is 23.9 Å². The van der Waals surface area contributed by atoms with Crippen molar-refractivity contribution in [2.45, 2.75) is 64.6 Å². The molecule has 8 nitrogen and oxygen atoms in total. The summed E-state index contributed by atoms with van der Waals surface area (Å²) >= 11 is 0. The van der Waals surface area contributed by atoms with Crippen LogP contribution in [0.25, 0.3) is 0 Å². The van der Waals surface area contributed by atoms with Crippen LogP contribution in [0.5, 0.6) is 0 Å². The van der Waals surface area contributed by atoms with Gasteiger partial charge in [0.25, 0.3) is 11.8 Å². The Balaban J connectivity index is 1.56. The number of carbonyl (C=O) groups excluding carboxylic acids is 4. The molecule has 1 aliphatic carbocycles. The molecule has 1 aromatic rings. The molecule has 0 bridgehead atoms. The van der Waals surface area contributed by atoms with Crippen LogP contribution in [0.15, 0.2) is 30.3 Å². The van der Waals surface area contributed by atoms with Gasteiger partial charge in [-0.3, -0.25) is 19.3 Å². The molecule has 1 saturated heterocycles. The molecule has 4 amide bonds. The first-order valence-corrected chi connectivity index (χ1v) is 10.9. The average molecular weight is 430 g/mol. The number of amides is 4. The van der Waals surface area contributed by atoms with Crippen LogP contribution in [-0.4, -0.2) is 58.3 Å². The molecule has 0 radical (unpaired) electrons. The minimum atomic E-state index is -0.921. The van der Waals surface area contributed by atoms with E-state index >= 15 is 0 Å². The first-order valence-electron chi connectivity index (χ1n) is 10.9. The van der Waals surface area contributed by atoms with E-state index in [9.17, 15) is 19.2 Å². The number of hydrogen-bond acceptors (Lipinski definition) is 5. The number of nitrogens with zero attached hydrogens (tertiary/aromatic N) is 2. The monoisotopic (exact) mass is 429 g/mol. The molecule has 168 valence electrons. The second-order valence-electron chi connectivity index (χ2n) is 8.70. The maximum atomic E-state index is 12.9. The van der Waals surface area contributed by atoms with Crippen molar-refractivity contribution in [3.8, 4) is 0 Å². The highest BCUT2D eigenvalue weighted by atomic mass is 16.5. The van der Waals surface area contributed by atoms with Gasteiger partial charge in [0.15, 0.2) is 6.61 Å². The Bertz CT molecular complexity index is 841. The third-order valence-corrected chi connectivity index (χ3v) is 6.28. The minimum absolute atomic E-state index is 0.0119. The zero-order chi connectivity index (χ0) is 22.6. The maximum absolute atomic E-state index is 12.9. The molecule has 31 heavy (non-hydrogen) atoms. The Labute approximate surface area is 182 Å². The van der Waals surface area contributed by atoms with Crippen LogP contribution in [0.2, 0.25) is 0 Å². The van der Waals surface area contributed by atoms with E-state index in [4.69, 9.17) is 4.74 Å². The number of rotatable bonds is 7. The van der Waals surface area contributed by atoms with E-state index in [2.05, 4.69) is 5.32 Å². The lowest BCUT2D eigenvalue weighted by molar-refractivity contribution is -0.155. The SMILES string of the molecule is CC(C)N(Cc1ccccc1)C(=O)COC(=O)CN1C(=O)N[C@]2(CCCC[C@H]2C)C1=O. The highest BCUT2D eigenvalue weighted by Crippen LogP contribution is 2.38. The van der Waals surface area contributed by atoms with Gasteiger partial charge in [-0.1, -0.05) is 50.1 Å². The van der Waals surface area contributed by atoms with Crippen molar-refractivity contribution in [1.82, 2.24) is 15.1 Å². The predicted molar refractivity (Wildman–Crippen MR) is 114 cm³/mol. The van der Waals surface area contributed by atoms with E-state index in [1.807, 2.05) is 51.1 Å². The molecular formula is C23H31N3O5. The van der Waals surface area contributed by atoms with Gasteiger partial charge in [0, 0.05) is 12.6 Å². The molecule has 3 rings (SSSR count). The fourth-order valence-corrected chi connectivity index (χ4v) is 4.38. The van der Waals surface area contributed by atoms with Crippen molar-refractivity contribution in [3.05, 3.63) is 35.9 Å². The first-order chi connectivity index (χ1) is 14.7. The zero-order valence-corrected chi connectivity index (χ0v) is 18.4. The maximum Gasteiger partial charge on any atom is 0.326 e. The number of ether oxygens (including phenoxy) is 1. The van der Waals surface area contributed by atoms with E-state index in [1.165, 1.54) is 0 Å². The third kappa shape index (κ3) is 4.89. The van der Waals surface area contributed by atoms with Gasteiger partial charge >= 0.3 is 12.0 Å². The molecule has 1 heterocycles. The Morgan fingerprint density at radius 3 is 2.58 bits per heavy atom. The van der Waals surface area contributed by atoms with Crippen molar-refractivity contribution in [2.75, 3.05) is 13.2 Å². The van der Waals surface area contributed by atoms with Gasteiger partial charge in [0.05, 0.1) is 0 Å². The van der Waals surface area contributed by atoms with E-state index in [0.29, 0.717) is 13.0 Å². The summed E-state index contributed by atoms with van der Waals surface area (Å²) in [7, 11) is 0. The standard InChI is InChI=1S/C23H31N3O5/c1-16(2)25(13-18-10-5-4-6-11-18)19(27)15-31-20(28)14-26-21(29)23(24-22(26)30)12-8-7-9-17(23)3/h4-6,10-11,16-17H,7-9,12-15H2,1-3H3,(H,24,30)/t17-,23+/m1/s1. The predicted octanol–water partition coefficient (Wildman–Crippen LogP) is 2.47. The minimum Gasteiger partial charge on any atom is -0.454 e. The molecule has 2 fully saturated rings. The van der Waals surface area contributed by atoms with Gasteiger partial charge in [0.2, 0.25) is 0 Å². The molecule has 0 aromatic heterocycles. The molecule has 2 aliphatic rings. The second-order valence-corrected chi connectivity index (χ2v) is 8.70. The smallest absolute Gasteiger partial charge is 0.326 e. The first kappa shape index (κ1) is 22.8. The van der Waals surface area contributed by atoms with Gasteiger partial charge in [-0.05, 0) is 38.2 Å². The number of nitrogens with one attached hydrogen (secondary N) is 1. The Kier molecular flexibility index (Phi) is 6.97. The fourth-order valence-electron chi connectivity index (χ4n) is 4.38.